The van der Waals surface area contributed by atoms with Crippen molar-refractivity contribution >= 4 is 22.9 Å². The standard InChI is InChI=1S/C34H28F2N2O3S/c35-29-20-24(21-30(36)23-29)22-32(34(39)37-33(27-12-6-2-7-13-27)28-14-8-3-9-15-28)38(42(40)41)31-18-16-26(17-19-31)25-10-4-1-5-11-25/h1-21,23,32-33H,22H2,(H,37,39)(H,40,41)/p-1. The number of halogens is 2. The van der Waals surface area contributed by atoms with Gasteiger partial charge in [0.25, 0.3) is 0 Å². The molecule has 1 amide bonds. The van der Waals surface area contributed by atoms with Gasteiger partial charge in [-0.1, -0.05) is 103 Å². The van der Waals surface area contributed by atoms with Gasteiger partial charge in [0.2, 0.25) is 5.91 Å². The van der Waals surface area contributed by atoms with Crippen molar-refractivity contribution in [3.8, 4) is 11.1 Å². The summed E-state index contributed by atoms with van der Waals surface area (Å²) in [5, 5.41) is 3.00. The van der Waals surface area contributed by atoms with Crippen LogP contribution < -0.4 is 9.62 Å². The normalized spacial score (nSPS) is 12.5. The zero-order chi connectivity index (χ0) is 29.5. The van der Waals surface area contributed by atoms with Crippen LogP contribution in [0, 0.1) is 11.6 Å². The van der Waals surface area contributed by atoms with Crippen LogP contribution >= 0.6 is 0 Å². The van der Waals surface area contributed by atoms with Crippen LogP contribution in [0.25, 0.3) is 11.1 Å². The first-order chi connectivity index (χ1) is 20.4. The lowest BCUT2D eigenvalue weighted by Gasteiger charge is -2.35. The second-order valence-electron chi connectivity index (χ2n) is 9.72. The van der Waals surface area contributed by atoms with E-state index in [-0.39, 0.29) is 17.7 Å². The fourth-order valence-corrected chi connectivity index (χ4v) is 5.60. The average Bonchev–Trinajstić information content (AvgIpc) is 3.00. The second-order valence-corrected chi connectivity index (χ2v) is 10.5. The van der Waals surface area contributed by atoms with Gasteiger partial charge in [0.15, 0.2) is 0 Å². The summed E-state index contributed by atoms with van der Waals surface area (Å²) in [5.41, 5.74) is 3.74. The molecule has 0 saturated carbocycles. The lowest BCUT2D eigenvalue weighted by atomic mass is 9.97. The molecule has 42 heavy (non-hydrogen) atoms. The minimum atomic E-state index is -2.91. The SMILES string of the molecule is O=C(NC(c1ccccc1)c1ccccc1)C(Cc1cc(F)cc(F)c1)N(c1ccc(-c2ccccc2)cc1)S(=O)[O-]. The van der Waals surface area contributed by atoms with Crippen molar-refractivity contribution in [2.45, 2.75) is 18.5 Å². The van der Waals surface area contributed by atoms with Gasteiger partial charge in [-0.25, -0.2) is 8.78 Å². The number of hydrogen-bond acceptors (Lipinski definition) is 3. The molecule has 0 aromatic heterocycles. The van der Waals surface area contributed by atoms with Crippen LogP contribution in [0.15, 0.2) is 133 Å². The molecule has 2 unspecified atom stereocenters. The summed E-state index contributed by atoms with van der Waals surface area (Å²) in [6.07, 6.45) is -0.273. The smallest absolute Gasteiger partial charge is 0.244 e. The Bertz CT molecular complexity index is 1590. The molecule has 0 saturated heterocycles. The van der Waals surface area contributed by atoms with Gasteiger partial charge in [-0.05, 0) is 52.1 Å². The van der Waals surface area contributed by atoms with Gasteiger partial charge in [-0.15, -0.1) is 0 Å². The third-order valence-corrected chi connectivity index (χ3v) is 7.67. The molecule has 212 valence electrons. The largest absolute Gasteiger partial charge is 0.755 e. The van der Waals surface area contributed by atoms with Gasteiger partial charge >= 0.3 is 0 Å². The molecular weight excluding hydrogens is 554 g/mol. The van der Waals surface area contributed by atoms with Crippen molar-refractivity contribution in [1.82, 2.24) is 5.32 Å². The summed E-state index contributed by atoms with van der Waals surface area (Å²) in [4.78, 5) is 14.1. The zero-order valence-electron chi connectivity index (χ0n) is 22.4. The maximum atomic E-state index is 14.1. The monoisotopic (exact) mass is 581 g/mol. The van der Waals surface area contributed by atoms with Crippen molar-refractivity contribution < 1.29 is 22.3 Å². The Kier molecular flexibility index (Phi) is 9.16. The van der Waals surface area contributed by atoms with Crippen LogP contribution in [0.3, 0.4) is 0 Å². The molecule has 0 bridgehead atoms. The number of nitrogens with one attached hydrogen (secondary N) is 1. The molecule has 8 heteroatoms. The van der Waals surface area contributed by atoms with Crippen molar-refractivity contribution in [1.29, 1.82) is 0 Å². The topological polar surface area (TPSA) is 72.5 Å². The van der Waals surface area contributed by atoms with E-state index in [4.69, 9.17) is 0 Å². The highest BCUT2D eigenvalue weighted by molar-refractivity contribution is 7.80. The van der Waals surface area contributed by atoms with Crippen LogP contribution in [0.4, 0.5) is 14.5 Å². The fraction of sp³-hybridized carbons (Fsp3) is 0.0882. The van der Waals surface area contributed by atoms with E-state index in [1.807, 2.05) is 91.0 Å². The van der Waals surface area contributed by atoms with Crippen LogP contribution in [-0.2, 0) is 22.5 Å². The molecule has 0 heterocycles. The molecule has 5 aromatic carbocycles. The molecule has 0 fully saturated rings. The van der Waals surface area contributed by atoms with E-state index < -0.39 is 40.9 Å². The molecule has 0 aliphatic heterocycles. The number of anilines is 1. The van der Waals surface area contributed by atoms with Gasteiger partial charge < -0.3 is 9.87 Å². The predicted molar refractivity (Wildman–Crippen MR) is 160 cm³/mol. The van der Waals surface area contributed by atoms with Gasteiger partial charge in [0, 0.05) is 29.4 Å². The van der Waals surface area contributed by atoms with Crippen LogP contribution in [0.2, 0.25) is 0 Å². The Hall–Kier alpha value is -4.66. The van der Waals surface area contributed by atoms with E-state index >= 15 is 0 Å². The van der Waals surface area contributed by atoms with E-state index in [0.29, 0.717) is 0 Å². The summed E-state index contributed by atoms with van der Waals surface area (Å²) in [6, 6.07) is 35.8. The van der Waals surface area contributed by atoms with Crippen molar-refractivity contribution in [3.05, 3.63) is 162 Å². The molecular formula is C34H27F2N2O3S-. The van der Waals surface area contributed by atoms with E-state index in [1.54, 1.807) is 24.3 Å². The van der Waals surface area contributed by atoms with E-state index in [0.717, 1.165) is 44.8 Å². The molecule has 2 atom stereocenters. The first-order valence-electron chi connectivity index (χ1n) is 13.3. The van der Waals surface area contributed by atoms with Crippen molar-refractivity contribution in [3.63, 3.8) is 0 Å². The van der Waals surface area contributed by atoms with Crippen molar-refractivity contribution in [2.75, 3.05) is 4.31 Å². The molecule has 5 aromatic rings. The highest BCUT2D eigenvalue weighted by Crippen LogP contribution is 2.28. The second kappa shape index (κ2) is 13.3. The molecule has 5 rings (SSSR count). The third kappa shape index (κ3) is 6.97. The Morgan fingerprint density at radius 1 is 0.714 bits per heavy atom. The fourth-order valence-electron chi connectivity index (χ4n) is 4.92. The Labute approximate surface area is 245 Å². The molecule has 0 aliphatic rings. The molecule has 5 nitrogen and oxygen atoms in total. The summed E-state index contributed by atoms with van der Waals surface area (Å²) in [7, 11) is 0. The van der Waals surface area contributed by atoms with Crippen LogP contribution in [-0.4, -0.2) is 20.7 Å². The Morgan fingerprint density at radius 2 is 1.19 bits per heavy atom. The number of rotatable bonds is 10. The number of hydrogen-bond donors (Lipinski definition) is 1. The highest BCUT2D eigenvalue weighted by Gasteiger charge is 2.31. The van der Waals surface area contributed by atoms with Gasteiger partial charge in [0.1, 0.15) is 17.7 Å². The number of nitrogens with zero attached hydrogens (tertiary/aromatic N) is 1. The maximum absolute atomic E-state index is 14.1. The van der Waals surface area contributed by atoms with Gasteiger partial charge in [-0.2, -0.15) is 0 Å². The van der Waals surface area contributed by atoms with E-state index in [2.05, 4.69) is 5.32 Å². The Morgan fingerprint density at radius 3 is 1.69 bits per heavy atom. The lowest BCUT2D eigenvalue weighted by Crippen LogP contribution is -2.50. The van der Waals surface area contributed by atoms with Crippen LogP contribution in [0.1, 0.15) is 22.7 Å². The van der Waals surface area contributed by atoms with E-state index in [9.17, 15) is 22.3 Å². The van der Waals surface area contributed by atoms with Gasteiger partial charge in [-0.3, -0.25) is 13.3 Å². The third-order valence-electron chi connectivity index (χ3n) is 6.88. The molecule has 1 N–H and O–H groups in total. The van der Waals surface area contributed by atoms with Gasteiger partial charge in [0.05, 0.1) is 6.04 Å². The summed E-state index contributed by atoms with van der Waals surface area (Å²) < 4.78 is 54.7. The van der Waals surface area contributed by atoms with Crippen molar-refractivity contribution in [2.24, 2.45) is 0 Å². The lowest BCUT2D eigenvalue weighted by molar-refractivity contribution is -0.122. The molecule has 0 radical (unpaired) electrons. The first-order valence-corrected chi connectivity index (χ1v) is 14.3. The summed E-state index contributed by atoms with van der Waals surface area (Å²) >= 11 is -2.91. The minimum Gasteiger partial charge on any atom is -0.755 e. The highest BCUT2D eigenvalue weighted by atomic mass is 32.2. The quantitative estimate of drug-likeness (QED) is 0.186. The maximum Gasteiger partial charge on any atom is 0.244 e. The van der Waals surface area contributed by atoms with E-state index in [1.165, 1.54) is 0 Å². The minimum absolute atomic E-state index is 0.139. The Balaban J connectivity index is 1.54. The number of carbonyl (C=O) groups is 1. The number of carbonyl (C=O) groups excluding carboxylic acids is 1. The number of benzene rings is 5. The first kappa shape index (κ1) is 28.9. The van der Waals surface area contributed by atoms with Crippen LogP contribution in [0.5, 0.6) is 0 Å². The summed E-state index contributed by atoms with van der Waals surface area (Å²) in [6.45, 7) is 0. The predicted octanol–water partition coefficient (Wildman–Crippen LogP) is 6.75. The number of amides is 1. The zero-order valence-corrected chi connectivity index (χ0v) is 23.2. The summed E-state index contributed by atoms with van der Waals surface area (Å²) in [5.74, 6) is -2.27. The molecule has 0 spiro atoms. The molecule has 0 aliphatic carbocycles. The average molecular weight is 582 g/mol.